The standard InChI is InChI=1S/C10H20N2O2/c1-3-12(2)10(13)11-7-6-9-5-4-8-14-9/h9H,3-8H2,1-2H3,(H,11,13). The van der Waals surface area contributed by atoms with Crippen molar-refractivity contribution >= 4 is 6.03 Å². The summed E-state index contributed by atoms with van der Waals surface area (Å²) >= 11 is 0. The lowest BCUT2D eigenvalue weighted by Gasteiger charge is -2.16. The van der Waals surface area contributed by atoms with Gasteiger partial charge in [-0.05, 0) is 26.2 Å². The summed E-state index contributed by atoms with van der Waals surface area (Å²) in [4.78, 5) is 13.0. The number of carbonyl (C=O) groups excluding carboxylic acids is 1. The fourth-order valence-electron chi connectivity index (χ4n) is 1.49. The lowest BCUT2D eigenvalue weighted by atomic mass is 10.2. The highest BCUT2D eigenvalue weighted by Gasteiger charge is 2.15. The summed E-state index contributed by atoms with van der Waals surface area (Å²) in [6.45, 7) is 4.30. The number of amides is 2. The molecule has 0 spiro atoms. The van der Waals surface area contributed by atoms with Crippen LogP contribution in [0.2, 0.25) is 0 Å². The number of hydrogen-bond donors (Lipinski definition) is 1. The van der Waals surface area contributed by atoms with E-state index in [0.29, 0.717) is 12.6 Å². The van der Waals surface area contributed by atoms with Crippen LogP contribution in [0.4, 0.5) is 4.79 Å². The molecule has 0 bridgehead atoms. The molecule has 4 nitrogen and oxygen atoms in total. The summed E-state index contributed by atoms with van der Waals surface area (Å²) < 4.78 is 5.46. The zero-order valence-corrected chi connectivity index (χ0v) is 9.08. The lowest BCUT2D eigenvalue weighted by Crippen LogP contribution is -2.38. The Labute approximate surface area is 85.6 Å². The summed E-state index contributed by atoms with van der Waals surface area (Å²) in [7, 11) is 1.79. The summed E-state index contributed by atoms with van der Waals surface area (Å²) in [5.41, 5.74) is 0. The zero-order chi connectivity index (χ0) is 10.4. The molecule has 1 heterocycles. The van der Waals surface area contributed by atoms with Crippen LogP contribution in [-0.2, 0) is 4.74 Å². The van der Waals surface area contributed by atoms with Crippen LogP contribution < -0.4 is 5.32 Å². The van der Waals surface area contributed by atoms with Crippen molar-refractivity contribution in [3.8, 4) is 0 Å². The second kappa shape index (κ2) is 5.86. The first-order valence-corrected chi connectivity index (χ1v) is 5.34. The lowest BCUT2D eigenvalue weighted by molar-refractivity contribution is 0.104. The Morgan fingerprint density at radius 2 is 2.43 bits per heavy atom. The maximum atomic E-state index is 11.3. The van der Waals surface area contributed by atoms with Crippen LogP contribution in [0.15, 0.2) is 0 Å². The van der Waals surface area contributed by atoms with Gasteiger partial charge in [0.1, 0.15) is 0 Å². The van der Waals surface area contributed by atoms with Gasteiger partial charge in [-0.25, -0.2) is 4.79 Å². The van der Waals surface area contributed by atoms with Crippen LogP contribution in [0.5, 0.6) is 0 Å². The first-order chi connectivity index (χ1) is 6.74. The fraction of sp³-hybridized carbons (Fsp3) is 0.900. The Balaban J connectivity index is 2.05. The summed E-state index contributed by atoms with van der Waals surface area (Å²) in [6, 6.07) is 0.00509. The van der Waals surface area contributed by atoms with E-state index >= 15 is 0 Å². The van der Waals surface area contributed by atoms with Gasteiger partial charge in [-0.3, -0.25) is 0 Å². The van der Waals surface area contributed by atoms with Gasteiger partial charge in [0.15, 0.2) is 0 Å². The van der Waals surface area contributed by atoms with Crippen molar-refractivity contribution in [1.29, 1.82) is 0 Å². The number of urea groups is 1. The van der Waals surface area contributed by atoms with E-state index in [-0.39, 0.29) is 6.03 Å². The van der Waals surface area contributed by atoms with Gasteiger partial charge in [-0.2, -0.15) is 0 Å². The molecule has 0 aliphatic carbocycles. The molecule has 1 aliphatic rings. The number of nitrogens with one attached hydrogen (secondary N) is 1. The molecule has 0 radical (unpaired) electrons. The predicted octanol–water partition coefficient (Wildman–Crippen LogP) is 1.22. The highest BCUT2D eigenvalue weighted by molar-refractivity contribution is 5.73. The smallest absolute Gasteiger partial charge is 0.317 e. The topological polar surface area (TPSA) is 41.6 Å². The maximum absolute atomic E-state index is 11.3. The molecule has 1 aliphatic heterocycles. The van der Waals surface area contributed by atoms with Crippen LogP contribution in [-0.4, -0.2) is 43.8 Å². The second-order valence-electron chi connectivity index (χ2n) is 3.67. The minimum Gasteiger partial charge on any atom is -0.378 e. The predicted molar refractivity (Wildman–Crippen MR) is 55.3 cm³/mol. The normalized spacial score (nSPS) is 20.9. The Kier molecular flexibility index (Phi) is 4.73. The number of carbonyl (C=O) groups is 1. The van der Waals surface area contributed by atoms with Gasteiger partial charge in [-0.1, -0.05) is 0 Å². The minimum atomic E-state index is 0.00509. The molecule has 0 aromatic carbocycles. The van der Waals surface area contributed by atoms with Crippen molar-refractivity contribution in [2.24, 2.45) is 0 Å². The van der Waals surface area contributed by atoms with Crippen LogP contribution in [0, 0.1) is 0 Å². The Bertz CT molecular complexity index is 179. The van der Waals surface area contributed by atoms with E-state index in [0.717, 1.165) is 32.4 Å². The molecule has 4 heteroatoms. The highest BCUT2D eigenvalue weighted by atomic mass is 16.5. The van der Waals surface area contributed by atoms with Crippen molar-refractivity contribution < 1.29 is 9.53 Å². The molecule has 1 atom stereocenters. The third-order valence-corrected chi connectivity index (χ3v) is 2.59. The largest absolute Gasteiger partial charge is 0.378 e. The molecule has 1 fully saturated rings. The van der Waals surface area contributed by atoms with E-state index in [1.54, 1.807) is 11.9 Å². The van der Waals surface area contributed by atoms with E-state index < -0.39 is 0 Å². The maximum Gasteiger partial charge on any atom is 0.317 e. The van der Waals surface area contributed by atoms with Gasteiger partial charge in [0.05, 0.1) is 6.10 Å². The Morgan fingerprint density at radius 3 is 3.00 bits per heavy atom. The average molecular weight is 200 g/mol. The molecule has 1 saturated heterocycles. The molecule has 2 amide bonds. The van der Waals surface area contributed by atoms with Gasteiger partial charge in [-0.15, -0.1) is 0 Å². The van der Waals surface area contributed by atoms with Crippen LogP contribution in [0.25, 0.3) is 0 Å². The van der Waals surface area contributed by atoms with E-state index in [2.05, 4.69) is 5.32 Å². The quantitative estimate of drug-likeness (QED) is 0.741. The summed E-state index contributed by atoms with van der Waals surface area (Å²) in [6.07, 6.45) is 3.60. The minimum absolute atomic E-state index is 0.00509. The molecule has 14 heavy (non-hydrogen) atoms. The average Bonchev–Trinajstić information content (AvgIpc) is 2.69. The van der Waals surface area contributed by atoms with Crippen LogP contribution in [0.3, 0.4) is 0 Å². The molecular formula is C10H20N2O2. The van der Waals surface area contributed by atoms with Gasteiger partial charge in [0.2, 0.25) is 0 Å². The first kappa shape index (κ1) is 11.3. The fourth-order valence-corrected chi connectivity index (χ4v) is 1.49. The highest BCUT2D eigenvalue weighted by Crippen LogP contribution is 2.14. The molecule has 82 valence electrons. The van der Waals surface area contributed by atoms with Crippen molar-refractivity contribution in [1.82, 2.24) is 10.2 Å². The molecule has 0 aromatic rings. The molecule has 1 rings (SSSR count). The number of hydrogen-bond acceptors (Lipinski definition) is 2. The van der Waals surface area contributed by atoms with Crippen molar-refractivity contribution in [2.45, 2.75) is 32.3 Å². The second-order valence-corrected chi connectivity index (χ2v) is 3.67. The monoisotopic (exact) mass is 200 g/mol. The summed E-state index contributed by atoms with van der Waals surface area (Å²) in [5, 5.41) is 2.87. The van der Waals surface area contributed by atoms with Crippen molar-refractivity contribution in [3.05, 3.63) is 0 Å². The van der Waals surface area contributed by atoms with Crippen molar-refractivity contribution in [3.63, 3.8) is 0 Å². The van der Waals surface area contributed by atoms with E-state index in [4.69, 9.17) is 4.74 Å². The van der Waals surface area contributed by atoms with Gasteiger partial charge in [0, 0.05) is 26.7 Å². The third-order valence-electron chi connectivity index (χ3n) is 2.59. The Hall–Kier alpha value is -0.770. The first-order valence-electron chi connectivity index (χ1n) is 5.34. The molecule has 1 unspecified atom stereocenters. The molecular weight excluding hydrogens is 180 g/mol. The van der Waals surface area contributed by atoms with Gasteiger partial charge >= 0.3 is 6.03 Å². The van der Waals surface area contributed by atoms with Gasteiger partial charge in [0.25, 0.3) is 0 Å². The summed E-state index contributed by atoms with van der Waals surface area (Å²) in [5.74, 6) is 0. The van der Waals surface area contributed by atoms with E-state index in [1.807, 2.05) is 6.92 Å². The molecule has 1 N–H and O–H groups in total. The van der Waals surface area contributed by atoms with Crippen LogP contribution in [0.1, 0.15) is 26.2 Å². The third kappa shape index (κ3) is 3.54. The number of nitrogens with zero attached hydrogens (tertiary/aromatic N) is 1. The van der Waals surface area contributed by atoms with E-state index in [9.17, 15) is 4.79 Å². The van der Waals surface area contributed by atoms with Crippen LogP contribution >= 0.6 is 0 Å². The number of rotatable bonds is 4. The van der Waals surface area contributed by atoms with Crippen molar-refractivity contribution in [2.75, 3.05) is 26.7 Å². The zero-order valence-electron chi connectivity index (χ0n) is 9.08. The SMILES string of the molecule is CCN(C)C(=O)NCCC1CCCO1. The van der Waals surface area contributed by atoms with Gasteiger partial charge < -0.3 is 15.0 Å². The molecule has 0 saturated carbocycles. The Morgan fingerprint density at radius 1 is 1.64 bits per heavy atom. The molecule has 0 aromatic heterocycles. The van der Waals surface area contributed by atoms with E-state index in [1.165, 1.54) is 0 Å². The number of ether oxygens (including phenoxy) is 1.